The predicted octanol–water partition coefficient (Wildman–Crippen LogP) is 4.32. The maximum absolute atomic E-state index is 12.5. The lowest BCUT2D eigenvalue weighted by atomic mass is 10.0. The van der Waals surface area contributed by atoms with Gasteiger partial charge >= 0.3 is 0 Å². The minimum Gasteiger partial charge on any atom is -0.482 e. The molecule has 0 fully saturated rings. The highest BCUT2D eigenvalue weighted by Gasteiger charge is 2.22. The monoisotopic (exact) mass is 406 g/mol. The number of halogens is 2. The lowest BCUT2D eigenvalue weighted by molar-refractivity contribution is -0.124. The number of carbonyl (C=O) groups is 1. The quantitative estimate of drug-likeness (QED) is 0.634. The molecule has 0 bridgehead atoms. The molecule has 0 radical (unpaired) electrons. The summed E-state index contributed by atoms with van der Waals surface area (Å²) < 4.78 is 7.40. The summed E-state index contributed by atoms with van der Waals surface area (Å²) in [5, 5.41) is 12.3. The number of aromatic nitrogens is 3. The molecule has 6 nitrogen and oxygen atoms in total. The fraction of sp³-hybridized carbons (Fsp3) is 0.316. The molecule has 1 N–H and O–H groups in total. The van der Waals surface area contributed by atoms with Gasteiger partial charge in [-0.25, -0.2) is 0 Å². The van der Waals surface area contributed by atoms with E-state index in [0.717, 1.165) is 12.1 Å². The first-order chi connectivity index (χ1) is 12.9. The Morgan fingerprint density at radius 1 is 1.22 bits per heavy atom. The van der Waals surface area contributed by atoms with E-state index in [2.05, 4.69) is 29.4 Å². The van der Waals surface area contributed by atoms with Gasteiger partial charge in [0.05, 0.1) is 11.1 Å². The van der Waals surface area contributed by atoms with Crippen LogP contribution in [0.25, 0.3) is 5.65 Å². The lowest BCUT2D eigenvalue weighted by Crippen LogP contribution is -2.34. The van der Waals surface area contributed by atoms with Crippen LogP contribution in [-0.2, 0) is 4.79 Å². The zero-order valence-corrected chi connectivity index (χ0v) is 16.5. The molecule has 1 unspecified atom stereocenters. The maximum atomic E-state index is 12.5. The van der Waals surface area contributed by atoms with Crippen LogP contribution in [0.15, 0.2) is 42.6 Å². The Labute approximate surface area is 167 Å². The van der Waals surface area contributed by atoms with Crippen molar-refractivity contribution in [3.8, 4) is 5.75 Å². The molecule has 3 rings (SSSR count). The fourth-order valence-electron chi connectivity index (χ4n) is 2.77. The molecule has 1 atom stereocenters. The largest absolute Gasteiger partial charge is 0.482 e. The third kappa shape index (κ3) is 4.90. The van der Waals surface area contributed by atoms with Crippen LogP contribution in [0.2, 0.25) is 10.0 Å². The van der Waals surface area contributed by atoms with Gasteiger partial charge in [0.15, 0.2) is 18.1 Å². The zero-order valence-electron chi connectivity index (χ0n) is 15.0. The van der Waals surface area contributed by atoms with Crippen LogP contribution in [0.1, 0.15) is 32.1 Å². The average Bonchev–Trinajstić information content (AvgIpc) is 3.04. The van der Waals surface area contributed by atoms with E-state index in [1.54, 1.807) is 18.2 Å². The van der Waals surface area contributed by atoms with Crippen LogP contribution in [0.3, 0.4) is 0 Å². The molecule has 1 aromatic carbocycles. The summed E-state index contributed by atoms with van der Waals surface area (Å²) in [6, 6.07) is 10.3. The molecule has 142 valence electrons. The standard InChI is InChI=1S/C19H20Cl2N4O2/c1-12(2)9-15(19-24-23-17-5-3-4-8-25(17)19)22-18(26)11-27-16-7-6-13(20)10-14(16)21/h3-8,10,12,15H,9,11H2,1-2H3,(H,22,26). The molecule has 8 heteroatoms. The third-order valence-corrected chi connectivity index (χ3v) is 4.48. The molecule has 0 saturated heterocycles. The van der Waals surface area contributed by atoms with Gasteiger partial charge in [0.1, 0.15) is 5.75 Å². The van der Waals surface area contributed by atoms with Gasteiger partial charge in [0, 0.05) is 11.2 Å². The van der Waals surface area contributed by atoms with Gasteiger partial charge in [0.25, 0.3) is 5.91 Å². The van der Waals surface area contributed by atoms with Crippen molar-refractivity contribution in [2.45, 2.75) is 26.3 Å². The summed E-state index contributed by atoms with van der Waals surface area (Å²) in [5.74, 6) is 1.19. The molecule has 27 heavy (non-hydrogen) atoms. The lowest BCUT2D eigenvalue weighted by Gasteiger charge is -2.19. The van der Waals surface area contributed by atoms with Gasteiger partial charge in [-0.3, -0.25) is 9.20 Å². The number of fused-ring (bicyclic) bond motifs is 1. The number of hydrogen-bond donors (Lipinski definition) is 1. The van der Waals surface area contributed by atoms with Crippen LogP contribution < -0.4 is 10.1 Å². The molecule has 1 amide bonds. The summed E-state index contributed by atoms with van der Waals surface area (Å²) in [5.41, 5.74) is 0.736. The summed E-state index contributed by atoms with van der Waals surface area (Å²) in [4.78, 5) is 12.5. The number of pyridine rings is 1. The number of benzene rings is 1. The average molecular weight is 407 g/mol. The number of carbonyl (C=O) groups excluding carboxylic acids is 1. The first kappa shape index (κ1) is 19.5. The Balaban J connectivity index is 1.71. The molecule has 0 saturated carbocycles. The Morgan fingerprint density at radius 2 is 2.04 bits per heavy atom. The molecule has 2 heterocycles. The van der Waals surface area contributed by atoms with Crippen molar-refractivity contribution in [3.63, 3.8) is 0 Å². The molecule has 0 aliphatic heterocycles. The van der Waals surface area contributed by atoms with Crippen molar-refractivity contribution in [2.75, 3.05) is 6.61 Å². The number of ether oxygens (including phenoxy) is 1. The van der Waals surface area contributed by atoms with E-state index in [1.807, 2.05) is 28.8 Å². The van der Waals surface area contributed by atoms with Gasteiger partial charge in [0.2, 0.25) is 0 Å². The van der Waals surface area contributed by atoms with Crippen LogP contribution in [0.5, 0.6) is 5.75 Å². The van der Waals surface area contributed by atoms with E-state index in [1.165, 1.54) is 0 Å². The first-order valence-electron chi connectivity index (χ1n) is 8.61. The van der Waals surface area contributed by atoms with E-state index in [0.29, 0.717) is 27.5 Å². The van der Waals surface area contributed by atoms with E-state index >= 15 is 0 Å². The maximum Gasteiger partial charge on any atom is 0.258 e. The summed E-state index contributed by atoms with van der Waals surface area (Å²) >= 11 is 11.9. The van der Waals surface area contributed by atoms with E-state index in [9.17, 15) is 4.79 Å². The van der Waals surface area contributed by atoms with Crippen LogP contribution in [0, 0.1) is 5.92 Å². The van der Waals surface area contributed by atoms with E-state index in [-0.39, 0.29) is 18.6 Å². The molecular weight excluding hydrogens is 387 g/mol. The molecule has 0 aliphatic rings. The van der Waals surface area contributed by atoms with Gasteiger partial charge in [-0.2, -0.15) is 0 Å². The Morgan fingerprint density at radius 3 is 2.78 bits per heavy atom. The molecule has 0 spiro atoms. The summed E-state index contributed by atoms with van der Waals surface area (Å²) in [7, 11) is 0. The number of nitrogens with one attached hydrogen (secondary N) is 1. The first-order valence-corrected chi connectivity index (χ1v) is 9.36. The summed E-state index contributed by atoms with van der Waals surface area (Å²) in [6.45, 7) is 4.02. The SMILES string of the molecule is CC(C)CC(NC(=O)COc1ccc(Cl)cc1Cl)c1nnc2ccccn12. The fourth-order valence-corrected chi connectivity index (χ4v) is 3.23. The van der Waals surface area contributed by atoms with Gasteiger partial charge < -0.3 is 10.1 Å². The minimum atomic E-state index is -0.279. The topological polar surface area (TPSA) is 68.5 Å². The van der Waals surface area contributed by atoms with Crippen LogP contribution >= 0.6 is 23.2 Å². The molecule has 0 aliphatic carbocycles. The minimum absolute atomic E-state index is 0.160. The second-order valence-electron chi connectivity index (χ2n) is 6.60. The molecular formula is C19H20Cl2N4O2. The van der Waals surface area contributed by atoms with E-state index in [4.69, 9.17) is 27.9 Å². The van der Waals surface area contributed by atoms with Gasteiger partial charge in [-0.05, 0) is 42.7 Å². The number of rotatable bonds is 7. The highest BCUT2D eigenvalue weighted by molar-refractivity contribution is 6.35. The number of hydrogen-bond acceptors (Lipinski definition) is 4. The van der Waals surface area contributed by atoms with Crippen molar-refractivity contribution in [3.05, 3.63) is 58.5 Å². The van der Waals surface area contributed by atoms with Crippen molar-refractivity contribution in [2.24, 2.45) is 5.92 Å². The third-order valence-electron chi connectivity index (χ3n) is 3.95. The summed E-state index contributed by atoms with van der Waals surface area (Å²) in [6.07, 6.45) is 2.61. The molecule has 2 aromatic heterocycles. The Bertz CT molecular complexity index is 942. The normalized spacial score (nSPS) is 12.3. The zero-order chi connectivity index (χ0) is 19.4. The second-order valence-corrected chi connectivity index (χ2v) is 7.44. The predicted molar refractivity (Wildman–Crippen MR) is 105 cm³/mol. The van der Waals surface area contributed by atoms with Crippen LogP contribution in [0.4, 0.5) is 0 Å². The highest BCUT2D eigenvalue weighted by atomic mass is 35.5. The Kier molecular flexibility index (Phi) is 6.19. The van der Waals surface area contributed by atoms with Crippen molar-refractivity contribution in [1.29, 1.82) is 0 Å². The van der Waals surface area contributed by atoms with Gasteiger partial charge in [-0.15, -0.1) is 10.2 Å². The second kappa shape index (κ2) is 8.59. The number of amides is 1. The van der Waals surface area contributed by atoms with Crippen molar-refractivity contribution in [1.82, 2.24) is 19.9 Å². The smallest absolute Gasteiger partial charge is 0.258 e. The molecule has 3 aromatic rings. The van der Waals surface area contributed by atoms with Crippen LogP contribution in [-0.4, -0.2) is 27.1 Å². The Hall–Kier alpha value is -2.31. The van der Waals surface area contributed by atoms with E-state index < -0.39 is 0 Å². The van der Waals surface area contributed by atoms with Crippen molar-refractivity contribution >= 4 is 34.8 Å². The highest BCUT2D eigenvalue weighted by Crippen LogP contribution is 2.27. The van der Waals surface area contributed by atoms with Crippen molar-refractivity contribution < 1.29 is 9.53 Å². The number of nitrogens with zero attached hydrogens (tertiary/aromatic N) is 3. The van der Waals surface area contributed by atoms with Gasteiger partial charge in [-0.1, -0.05) is 43.1 Å².